The number of fused-ring (bicyclic) bond motifs is 1. The van der Waals surface area contributed by atoms with Crippen molar-refractivity contribution in [3.8, 4) is 0 Å². The van der Waals surface area contributed by atoms with Crippen LogP contribution in [-0.4, -0.2) is 24.7 Å². The molecule has 3 aliphatic rings. The van der Waals surface area contributed by atoms with Crippen molar-refractivity contribution in [1.82, 2.24) is 5.32 Å². The van der Waals surface area contributed by atoms with Crippen molar-refractivity contribution in [2.75, 3.05) is 6.54 Å². The van der Waals surface area contributed by atoms with Crippen LogP contribution in [-0.2, 0) is 16.6 Å². The zero-order valence-corrected chi connectivity index (χ0v) is 11.5. The fraction of sp³-hybridized carbons (Fsp3) is 0.529. The SMILES string of the molecule is O=Cc1cccc2c1C[C@H]1NCC[C@@]23CC(=O)CC[C@@H]13. The van der Waals surface area contributed by atoms with Crippen LogP contribution in [0.2, 0.25) is 0 Å². The smallest absolute Gasteiger partial charge is 0.150 e. The summed E-state index contributed by atoms with van der Waals surface area (Å²) in [6.45, 7) is 0.985. The van der Waals surface area contributed by atoms with Gasteiger partial charge in [-0.2, -0.15) is 0 Å². The molecule has 1 saturated carbocycles. The lowest BCUT2D eigenvalue weighted by atomic mass is 9.52. The van der Waals surface area contributed by atoms with E-state index in [-0.39, 0.29) is 5.41 Å². The van der Waals surface area contributed by atoms with Gasteiger partial charge in [0.2, 0.25) is 0 Å². The first-order valence-corrected chi connectivity index (χ1v) is 7.57. The van der Waals surface area contributed by atoms with Gasteiger partial charge in [-0.3, -0.25) is 9.59 Å². The molecule has 3 atom stereocenters. The summed E-state index contributed by atoms with van der Waals surface area (Å²) >= 11 is 0. The van der Waals surface area contributed by atoms with E-state index in [0.717, 1.165) is 44.1 Å². The molecule has 2 bridgehead atoms. The Kier molecular flexibility index (Phi) is 2.61. The number of aldehydes is 1. The van der Waals surface area contributed by atoms with Crippen LogP contribution in [0.5, 0.6) is 0 Å². The highest BCUT2D eigenvalue weighted by atomic mass is 16.1. The fourth-order valence-electron chi connectivity index (χ4n) is 4.92. The normalized spacial score (nSPS) is 35.1. The molecule has 1 aromatic carbocycles. The summed E-state index contributed by atoms with van der Waals surface area (Å²) in [5.41, 5.74) is 3.29. The van der Waals surface area contributed by atoms with Crippen molar-refractivity contribution in [3.63, 3.8) is 0 Å². The van der Waals surface area contributed by atoms with E-state index in [1.165, 1.54) is 11.1 Å². The summed E-state index contributed by atoms with van der Waals surface area (Å²) < 4.78 is 0. The molecule has 104 valence electrons. The van der Waals surface area contributed by atoms with Gasteiger partial charge in [-0.15, -0.1) is 0 Å². The number of carbonyl (C=O) groups is 2. The Morgan fingerprint density at radius 1 is 1.35 bits per heavy atom. The molecule has 0 radical (unpaired) electrons. The highest BCUT2D eigenvalue weighted by molar-refractivity contribution is 5.83. The second-order valence-electron chi connectivity index (χ2n) is 6.52. The third-order valence-electron chi connectivity index (χ3n) is 5.72. The van der Waals surface area contributed by atoms with Gasteiger partial charge in [-0.25, -0.2) is 0 Å². The van der Waals surface area contributed by atoms with E-state index >= 15 is 0 Å². The van der Waals surface area contributed by atoms with Crippen molar-refractivity contribution in [2.45, 2.75) is 43.6 Å². The average molecular weight is 269 g/mol. The van der Waals surface area contributed by atoms with Crippen LogP contribution in [0.25, 0.3) is 0 Å². The molecule has 1 aromatic rings. The number of rotatable bonds is 1. The number of hydrogen-bond acceptors (Lipinski definition) is 3. The molecule has 1 saturated heterocycles. The first kappa shape index (κ1) is 12.3. The number of nitrogens with one attached hydrogen (secondary N) is 1. The third-order valence-corrected chi connectivity index (χ3v) is 5.72. The standard InChI is InChI=1S/C17H19NO2/c19-10-11-2-1-3-14-13(11)8-16-15-5-4-12(20)9-17(14,15)6-7-18-16/h1-3,10,15-16,18H,4-9H2/t15-,16+,17+/m0/s1. The maximum atomic E-state index is 12.1. The molecule has 2 aliphatic carbocycles. The Morgan fingerprint density at radius 3 is 3.10 bits per heavy atom. The lowest BCUT2D eigenvalue weighted by Gasteiger charge is -2.55. The zero-order chi connectivity index (χ0) is 13.7. The Balaban J connectivity index is 1.94. The molecule has 20 heavy (non-hydrogen) atoms. The number of piperidine rings is 1. The van der Waals surface area contributed by atoms with Crippen LogP contribution in [0.4, 0.5) is 0 Å². The van der Waals surface area contributed by atoms with Crippen LogP contribution in [0.3, 0.4) is 0 Å². The topological polar surface area (TPSA) is 46.2 Å². The van der Waals surface area contributed by atoms with Gasteiger partial charge in [0.15, 0.2) is 0 Å². The van der Waals surface area contributed by atoms with Gasteiger partial charge in [0, 0.05) is 29.9 Å². The van der Waals surface area contributed by atoms with Crippen molar-refractivity contribution < 1.29 is 9.59 Å². The van der Waals surface area contributed by atoms with Gasteiger partial charge in [0.1, 0.15) is 12.1 Å². The van der Waals surface area contributed by atoms with E-state index in [1.807, 2.05) is 12.1 Å². The van der Waals surface area contributed by atoms with E-state index in [1.54, 1.807) is 0 Å². The highest BCUT2D eigenvalue weighted by Gasteiger charge is 2.53. The van der Waals surface area contributed by atoms with E-state index in [9.17, 15) is 9.59 Å². The van der Waals surface area contributed by atoms with E-state index in [0.29, 0.717) is 24.2 Å². The number of benzene rings is 1. The second kappa shape index (κ2) is 4.26. The van der Waals surface area contributed by atoms with Crippen LogP contribution in [0.1, 0.15) is 47.2 Å². The second-order valence-corrected chi connectivity index (χ2v) is 6.52. The molecule has 0 aromatic heterocycles. The monoisotopic (exact) mass is 269 g/mol. The quantitative estimate of drug-likeness (QED) is 0.793. The summed E-state index contributed by atoms with van der Waals surface area (Å²) in [5.74, 6) is 0.953. The fourth-order valence-corrected chi connectivity index (χ4v) is 4.92. The lowest BCUT2D eigenvalue weighted by molar-refractivity contribution is -0.125. The summed E-state index contributed by atoms with van der Waals surface area (Å²) in [6.07, 6.45) is 5.33. The molecule has 0 spiro atoms. The number of ketones is 1. The molecule has 2 fully saturated rings. The van der Waals surface area contributed by atoms with Gasteiger partial charge < -0.3 is 5.32 Å². The van der Waals surface area contributed by atoms with Crippen LogP contribution in [0, 0.1) is 5.92 Å². The van der Waals surface area contributed by atoms with Gasteiger partial charge in [0.05, 0.1) is 0 Å². The molecule has 1 heterocycles. The molecule has 0 unspecified atom stereocenters. The van der Waals surface area contributed by atoms with Crippen molar-refractivity contribution >= 4 is 12.1 Å². The van der Waals surface area contributed by atoms with E-state index in [2.05, 4.69) is 11.4 Å². The summed E-state index contributed by atoms with van der Waals surface area (Å²) in [4.78, 5) is 23.4. The number of hydrogen-bond donors (Lipinski definition) is 1. The lowest BCUT2D eigenvalue weighted by Crippen LogP contribution is -2.60. The predicted octanol–water partition coefficient (Wildman–Crippen LogP) is 2.02. The molecule has 1 N–H and O–H groups in total. The van der Waals surface area contributed by atoms with Crippen molar-refractivity contribution in [2.24, 2.45) is 5.92 Å². The maximum absolute atomic E-state index is 12.1. The maximum Gasteiger partial charge on any atom is 0.150 e. The highest BCUT2D eigenvalue weighted by Crippen LogP contribution is 2.53. The largest absolute Gasteiger partial charge is 0.313 e. The molecule has 1 aliphatic heterocycles. The summed E-state index contributed by atoms with van der Waals surface area (Å²) in [5, 5.41) is 3.62. The van der Waals surface area contributed by atoms with E-state index in [4.69, 9.17) is 0 Å². The van der Waals surface area contributed by atoms with Gasteiger partial charge in [-0.1, -0.05) is 18.2 Å². The Bertz CT molecular complexity index is 595. The number of carbonyl (C=O) groups excluding carboxylic acids is 2. The van der Waals surface area contributed by atoms with Crippen molar-refractivity contribution in [3.05, 3.63) is 34.9 Å². The molecule has 3 heteroatoms. The van der Waals surface area contributed by atoms with Gasteiger partial charge in [-0.05, 0) is 42.9 Å². The van der Waals surface area contributed by atoms with Gasteiger partial charge in [0.25, 0.3) is 0 Å². The first-order chi connectivity index (χ1) is 9.74. The Morgan fingerprint density at radius 2 is 2.25 bits per heavy atom. The minimum atomic E-state index is -0.00213. The van der Waals surface area contributed by atoms with Crippen LogP contribution < -0.4 is 5.32 Å². The molecular weight excluding hydrogens is 250 g/mol. The predicted molar refractivity (Wildman–Crippen MR) is 76.0 cm³/mol. The first-order valence-electron chi connectivity index (χ1n) is 7.57. The minimum Gasteiger partial charge on any atom is -0.313 e. The Labute approximate surface area is 118 Å². The summed E-state index contributed by atoms with van der Waals surface area (Å²) in [7, 11) is 0. The number of Topliss-reactive ketones (excluding diaryl/α,β-unsaturated/α-hetero) is 1. The van der Waals surface area contributed by atoms with Gasteiger partial charge >= 0.3 is 0 Å². The molecular formula is C17H19NO2. The van der Waals surface area contributed by atoms with Crippen LogP contribution >= 0.6 is 0 Å². The van der Waals surface area contributed by atoms with Crippen molar-refractivity contribution in [1.29, 1.82) is 0 Å². The average Bonchev–Trinajstić information content (AvgIpc) is 2.46. The molecule has 3 nitrogen and oxygen atoms in total. The third kappa shape index (κ3) is 1.50. The van der Waals surface area contributed by atoms with Crippen LogP contribution in [0.15, 0.2) is 18.2 Å². The molecule has 0 amide bonds. The minimum absolute atomic E-state index is 0.00213. The summed E-state index contributed by atoms with van der Waals surface area (Å²) in [6, 6.07) is 6.49. The Hall–Kier alpha value is -1.48. The zero-order valence-electron chi connectivity index (χ0n) is 11.5. The van der Waals surface area contributed by atoms with E-state index < -0.39 is 0 Å². The molecule has 4 rings (SSSR count).